The van der Waals surface area contributed by atoms with E-state index in [0.717, 1.165) is 12.8 Å². The van der Waals surface area contributed by atoms with E-state index >= 15 is 0 Å². The fourth-order valence-corrected chi connectivity index (χ4v) is 7.86. The van der Waals surface area contributed by atoms with Gasteiger partial charge in [0.1, 0.15) is 17.4 Å². The van der Waals surface area contributed by atoms with E-state index in [9.17, 15) is 19.5 Å². The molecule has 3 heterocycles. The predicted molar refractivity (Wildman–Crippen MR) is 176 cm³/mol. The van der Waals surface area contributed by atoms with Crippen LogP contribution in [0.1, 0.15) is 73.6 Å². The number of hydrogen-bond donors (Lipinski definition) is 1. The molecule has 4 rings (SSSR count). The molecule has 0 aromatic heterocycles. The van der Waals surface area contributed by atoms with Gasteiger partial charge in [-0.3, -0.25) is 14.4 Å². The fraction of sp³-hybridized carbons (Fsp3) is 0.639. The minimum Gasteiger partial charge on any atom is -0.494 e. The first-order valence-electron chi connectivity index (χ1n) is 16.5. The third kappa shape index (κ3) is 6.18. The minimum atomic E-state index is -1.13. The average Bonchev–Trinajstić information content (AvgIpc) is 3.50. The molecule has 0 saturated carbocycles. The Bertz CT molecular complexity index is 1260. The Balaban J connectivity index is 1.78. The number of unbranched alkanes of at least 4 members (excludes halogenated alkanes) is 3. The van der Waals surface area contributed by atoms with Gasteiger partial charge in [0, 0.05) is 37.5 Å². The Morgan fingerprint density at radius 3 is 2.31 bits per heavy atom. The maximum absolute atomic E-state index is 14.7. The van der Waals surface area contributed by atoms with Crippen molar-refractivity contribution in [3.05, 3.63) is 49.6 Å². The molecule has 248 valence electrons. The van der Waals surface area contributed by atoms with Gasteiger partial charge in [-0.15, -0.1) is 13.2 Å². The first kappa shape index (κ1) is 34.7. The molecular formula is C36H53N3O6. The molecule has 1 aromatic rings. The summed E-state index contributed by atoms with van der Waals surface area (Å²) in [5, 5.41) is 9.25. The van der Waals surface area contributed by atoms with Crippen molar-refractivity contribution in [3.8, 4) is 5.75 Å². The number of amides is 3. The molecule has 3 aliphatic heterocycles. The quantitative estimate of drug-likeness (QED) is 0.219. The Morgan fingerprint density at radius 2 is 1.73 bits per heavy atom. The van der Waals surface area contributed by atoms with E-state index in [1.165, 1.54) is 0 Å². The second-order valence-electron chi connectivity index (χ2n) is 13.9. The molecule has 0 aliphatic carbocycles. The van der Waals surface area contributed by atoms with Crippen molar-refractivity contribution in [2.75, 3.05) is 37.7 Å². The Labute approximate surface area is 269 Å². The molecule has 45 heavy (non-hydrogen) atoms. The number of carbonyl (C=O) groups excluding carboxylic acids is 3. The van der Waals surface area contributed by atoms with E-state index in [4.69, 9.17) is 9.47 Å². The third-order valence-electron chi connectivity index (χ3n) is 10.0. The van der Waals surface area contributed by atoms with E-state index in [1.807, 2.05) is 58.9 Å². The number of aliphatic hydroxyl groups excluding tert-OH is 1. The van der Waals surface area contributed by atoms with Crippen molar-refractivity contribution in [3.63, 3.8) is 0 Å². The number of anilines is 1. The van der Waals surface area contributed by atoms with Crippen molar-refractivity contribution in [1.82, 2.24) is 9.80 Å². The van der Waals surface area contributed by atoms with Crippen LogP contribution >= 0.6 is 0 Å². The summed E-state index contributed by atoms with van der Waals surface area (Å²) in [6.45, 7) is 21.3. The Hall–Kier alpha value is -3.17. The Morgan fingerprint density at radius 1 is 1.09 bits per heavy atom. The third-order valence-corrected chi connectivity index (χ3v) is 10.0. The molecule has 1 N–H and O–H groups in total. The normalized spacial score (nSPS) is 28.6. The smallest absolute Gasteiger partial charge is 0.249 e. The van der Waals surface area contributed by atoms with Crippen LogP contribution in [0.5, 0.6) is 5.75 Å². The molecule has 3 fully saturated rings. The largest absolute Gasteiger partial charge is 0.494 e. The van der Waals surface area contributed by atoms with Crippen molar-refractivity contribution in [1.29, 1.82) is 0 Å². The van der Waals surface area contributed by atoms with E-state index < -0.39 is 34.6 Å². The summed E-state index contributed by atoms with van der Waals surface area (Å²) >= 11 is 0. The van der Waals surface area contributed by atoms with Crippen LogP contribution < -0.4 is 9.64 Å². The molecule has 2 bridgehead atoms. The summed E-state index contributed by atoms with van der Waals surface area (Å²) in [6, 6.07) is 6.51. The number of rotatable bonds is 15. The fourth-order valence-electron chi connectivity index (χ4n) is 7.86. The highest BCUT2D eigenvalue weighted by atomic mass is 16.5. The summed E-state index contributed by atoms with van der Waals surface area (Å²) in [7, 11) is 0. The zero-order valence-electron chi connectivity index (χ0n) is 28.1. The first-order chi connectivity index (χ1) is 21.3. The average molecular weight is 624 g/mol. The number of nitrogens with zero attached hydrogens (tertiary/aromatic N) is 3. The van der Waals surface area contributed by atoms with Crippen LogP contribution in [0, 0.1) is 17.8 Å². The van der Waals surface area contributed by atoms with Crippen molar-refractivity contribution >= 4 is 23.4 Å². The lowest BCUT2D eigenvalue weighted by Gasteiger charge is -2.42. The van der Waals surface area contributed by atoms with E-state index in [-0.39, 0.29) is 36.8 Å². The predicted octanol–water partition coefficient (Wildman–Crippen LogP) is 4.98. The van der Waals surface area contributed by atoms with Gasteiger partial charge in [-0.1, -0.05) is 31.9 Å². The van der Waals surface area contributed by atoms with Crippen molar-refractivity contribution < 1.29 is 29.0 Å². The van der Waals surface area contributed by atoms with Gasteiger partial charge in [-0.2, -0.15) is 0 Å². The molecule has 3 aliphatic rings. The highest BCUT2D eigenvalue weighted by molar-refractivity contribution is 6.03. The van der Waals surface area contributed by atoms with E-state index in [1.54, 1.807) is 26.9 Å². The van der Waals surface area contributed by atoms with Crippen molar-refractivity contribution in [2.45, 2.75) is 96.4 Å². The van der Waals surface area contributed by atoms with Crippen LogP contribution in [0.25, 0.3) is 0 Å². The second kappa shape index (κ2) is 13.7. The molecule has 1 spiro atoms. The second-order valence-corrected chi connectivity index (χ2v) is 13.9. The molecule has 9 heteroatoms. The summed E-state index contributed by atoms with van der Waals surface area (Å²) in [5.74, 6) is -1.50. The lowest BCUT2D eigenvalue weighted by molar-refractivity contribution is -0.155. The van der Waals surface area contributed by atoms with Gasteiger partial charge in [0.05, 0.1) is 24.0 Å². The van der Waals surface area contributed by atoms with Gasteiger partial charge in [0.15, 0.2) is 0 Å². The Kier molecular flexibility index (Phi) is 10.5. The number of ether oxygens (including phenoxy) is 2. The maximum Gasteiger partial charge on any atom is 0.249 e. The highest BCUT2D eigenvalue weighted by Gasteiger charge is 2.80. The minimum absolute atomic E-state index is 0.0660. The number of aliphatic hydroxyl groups is 1. The topological polar surface area (TPSA) is 99.6 Å². The molecule has 3 amide bonds. The number of fused-ring (bicyclic) bond motifs is 1. The summed E-state index contributed by atoms with van der Waals surface area (Å²) in [6.07, 6.45) is 6.94. The van der Waals surface area contributed by atoms with Gasteiger partial charge in [-0.05, 0) is 84.1 Å². The summed E-state index contributed by atoms with van der Waals surface area (Å²) in [4.78, 5) is 49.2. The van der Waals surface area contributed by atoms with Gasteiger partial charge >= 0.3 is 0 Å². The van der Waals surface area contributed by atoms with E-state index in [0.29, 0.717) is 50.4 Å². The molecule has 3 unspecified atom stereocenters. The molecule has 6 atom stereocenters. The standard InChI is InChI=1S/C36H53N3O6/c1-9-20-37(26-16-18-27(19-17-26)44-11-3)31(41)28-29-32(42)38(22-14-12-13-15-23-40)30(33(43)39(21-10-2)34(5,6)7)36(29)24-25(4)35(28,8)45-36/h9-10,16-19,25,28-30,40H,1-2,11-15,20-24H2,3-8H3/t25?,28-,29-,30?,35+,36?/m0/s1. The zero-order valence-corrected chi connectivity index (χ0v) is 28.1. The molecule has 3 saturated heterocycles. The molecule has 9 nitrogen and oxygen atoms in total. The van der Waals surface area contributed by atoms with Crippen LogP contribution in [0.3, 0.4) is 0 Å². The first-order valence-corrected chi connectivity index (χ1v) is 16.5. The monoisotopic (exact) mass is 623 g/mol. The molecular weight excluding hydrogens is 570 g/mol. The molecule has 1 aromatic carbocycles. The lowest BCUT2D eigenvalue weighted by atomic mass is 9.62. The van der Waals surface area contributed by atoms with Crippen LogP contribution in [-0.2, 0) is 19.1 Å². The van der Waals surface area contributed by atoms with Crippen LogP contribution in [0.2, 0.25) is 0 Å². The van der Waals surface area contributed by atoms with Gasteiger partial charge in [0.25, 0.3) is 0 Å². The maximum atomic E-state index is 14.7. The SMILES string of the molecule is C=CCN(C(=O)[C@@H]1[C@H]2C(=O)N(CCCCCCO)C(C(=O)N(CC=C)C(C)(C)C)C23CC(C)[C@@]1(C)O3)c1ccc(OCC)cc1. The zero-order chi connectivity index (χ0) is 33.2. The van der Waals surface area contributed by atoms with Crippen LogP contribution in [0.4, 0.5) is 5.69 Å². The molecule has 0 radical (unpaired) electrons. The van der Waals surface area contributed by atoms with Gasteiger partial charge in [-0.25, -0.2) is 0 Å². The number of likely N-dealkylation sites (tertiary alicyclic amines) is 1. The number of hydrogen-bond acceptors (Lipinski definition) is 6. The number of benzene rings is 1. The van der Waals surface area contributed by atoms with Gasteiger partial charge < -0.3 is 29.3 Å². The van der Waals surface area contributed by atoms with E-state index in [2.05, 4.69) is 20.1 Å². The van der Waals surface area contributed by atoms with Crippen LogP contribution in [-0.4, -0.2) is 88.3 Å². The van der Waals surface area contributed by atoms with Gasteiger partial charge in [0.2, 0.25) is 17.7 Å². The highest BCUT2D eigenvalue weighted by Crippen LogP contribution is 2.65. The van der Waals surface area contributed by atoms with Crippen LogP contribution in [0.15, 0.2) is 49.6 Å². The summed E-state index contributed by atoms with van der Waals surface area (Å²) in [5.41, 5.74) is -1.90. The lowest BCUT2D eigenvalue weighted by Crippen LogP contribution is -2.60. The number of carbonyl (C=O) groups is 3. The van der Waals surface area contributed by atoms with Crippen molar-refractivity contribution in [2.24, 2.45) is 17.8 Å². The summed E-state index contributed by atoms with van der Waals surface area (Å²) < 4.78 is 12.6.